The van der Waals surface area contributed by atoms with Gasteiger partial charge in [0.15, 0.2) is 0 Å². The van der Waals surface area contributed by atoms with Gasteiger partial charge in [-0.3, -0.25) is 4.79 Å². The molecule has 4 atom stereocenters. The fourth-order valence-electron chi connectivity index (χ4n) is 4.35. The van der Waals surface area contributed by atoms with Gasteiger partial charge in [-0.2, -0.15) is 0 Å². The normalized spacial score (nSPS) is 28.9. The first-order chi connectivity index (χ1) is 11.3. The second kappa shape index (κ2) is 5.81. The minimum Gasteiger partial charge on any atom is -0.396 e. The van der Waals surface area contributed by atoms with Crippen molar-refractivity contribution in [3.63, 3.8) is 0 Å². The summed E-state index contributed by atoms with van der Waals surface area (Å²) in [6.45, 7) is 0.168. The second-order valence-corrected chi connectivity index (χ2v) is 6.70. The first kappa shape index (κ1) is 14.5. The van der Waals surface area contributed by atoms with E-state index >= 15 is 0 Å². The number of benzene rings is 1. The van der Waals surface area contributed by atoms with Gasteiger partial charge in [-0.25, -0.2) is 4.98 Å². The molecular formula is C18H21N3O2. The Hall–Kier alpha value is -2.14. The number of rotatable bonds is 4. The van der Waals surface area contributed by atoms with Gasteiger partial charge in [0, 0.05) is 42.2 Å². The molecular weight excluding hydrogens is 290 g/mol. The Kier molecular flexibility index (Phi) is 3.65. The third-order valence-electron chi connectivity index (χ3n) is 5.51. The Labute approximate surface area is 135 Å². The number of aliphatic hydroxyl groups is 1. The molecule has 1 aromatic heterocycles. The maximum atomic E-state index is 12.6. The third kappa shape index (κ3) is 2.55. The maximum absolute atomic E-state index is 12.6. The van der Waals surface area contributed by atoms with Crippen molar-refractivity contribution in [3.8, 4) is 5.69 Å². The molecule has 2 fully saturated rings. The highest BCUT2D eigenvalue weighted by Crippen LogP contribution is 2.48. The number of nitrogens with one attached hydrogen (secondary N) is 1. The van der Waals surface area contributed by atoms with Crippen LogP contribution in [0.4, 0.5) is 0 Å². The van der Waals surface area contributed by atoms with Crippen molar-refractivity contribution >= 4 is 5.91 Å². The zero-order valence-corrected chi connectivity index (χ0v) is 12.9. The number of amides is 1. The van der Waals surface area contributed by atoms with E-state index in [0.717, 1.165) is 12.1 Å². The van der Waals surface area contributed by atoms with E-state index in [0.29, 0.717) is 17.4 Å². The van der Waals surface area contributed by atoms with E-state index in [1.807, 2.05) is 35.0 Å². The Morgan fingerprint density at radius 2 is 2.22 bits per heavy atom. The van der Waals surface area contributed by atoms with E-state index in [1.165, 1.54) is 12.8 Å². The van der Waals surface area contributed by atoms with Crippen LogP contribution in [-0.4, -0.2) is 33.2 Å². The molecule has 120 valence electrons. The van der Waals surface area contributed by atoms with Crippen LogP contribution in [0.5, 0.6) is 0 Å². The summed E-state index contributed by atoms with van der Waals surface area (Å²) in [4.78, 5) is 16.7. The third-order valence-corrected chi connectivity index (χ3v) is 5.51. The molecule has 4 unspecified atom stereocenters. The molecule has 2 saturated carbocycles. The van der Waals surface area contributed by atoms with Crippen LogP contribution in [-0.2, 0) is 0 Å². The molecule has 0 radical (unpaired) electrons. The molecule has 23 heavy (non-hydrogen) atoms. The van der Waals surface area contributed by atoms with Gasteiger partial charge >= 0.3 is 0 Å². The number of hydrogen-bond donors (Lipinski definition) is 2. The molecule has 1 aromatic carbocycles. The number of hydrogen-bond acceptors (Lipinski definition) is 3. The Morgan fingerprint density at radius 3 is 3.00 bits per heavy atom. The molecule has 2 aromatic rings. The summed E-state index contributed by atoms with van der Waals surface area (Å²) in [6.07, 6.45) is 8.79. The smallest absolute Gasteiger partial charge is 0.251 e. The molecule has 0 spiro atoms. The van der Waals surface area contributed by atoms with E-state index in [1.54, 1.807) is 12.5 Å². The van der Waals surface area contributed by atoms with Gasteiger partial charge in [0.25, 0.3) is 5.91 Å². The first-order valence-electron chi connectivity index (χ1n) is 8.26. The highest BCUT2D eigenvalue weighted by molar-refractivity contribution is 5.95. The van der Waals surface area contributed by atoms with Crippen molar-refractivity contribution in [2.45, 2.75) is 25.3 Å². The van der Waals surface area contributed by atoms with Crippen molar-refractivity contribution in [2.75, 3.05) is 6.61 Å². The van der Waals surface area contributed by atoms with Crippen LogP contribution in [0.2, 0.25) is 0 Å². The number of carbonyl (C=O) groups excluding carboxylic acids is 1. The Morgan fingerprint density at radius 1 is 1.35 bits per heavy atom. The van der Waals surface area contributed by atoms with E-state index in [4.69, 9.17) is 0 Å². The van der Waals surface area contributed by atoms with Gasteiger partial charge in [0.1, 0.15) is 0 Å². The van der Waals surface area contributed by atoms with E-state index < -0.39 is 0 Å². The fraction of sp³-hybridized carbons (Fsp3) is 0.444. The lowest BCUT2D eigenvalue weighted by molar-refractivity contribution is 0.0861. The molecule has 0 aliphatic heterocycles. The van der Waals surface area contributed by atoms with Crippen LogP contribution in [0.3, 0.4) is 0 Å². The molecule has 2 aliphatic rings. The van der Waals surface area contributed by atoms with Crippen LogP contribution < -0.4 is 5.32 Å². The largest absolute Gasteiger partial charge is 0.396 e. The number of carbonyl (C=O) groups is 1. The zero-order valence-electron chi connectivity index (χ0n) is 12.9. The van der Waals surface area contributed by atoms with E-state index in [2.05, 4.69) is 10.3 Å². The summed E-state index contributed by atoms with van der Waals surface area (Å²) >= 11 is 0. The Bertz CT molecular complexity index is 698. The summed E-state index contributed by atoms with van der Waals surface area (Å²) in [6, 6.07) is 7.65. The molecule has 2 N–H and O–H groups in total. The minimum atomic E-state index is -0.0528. The van der Waals surface area contributed by atoms with E-state index in [9.17, 15) is 9.90 Å². The molecule has 5 nitrogen and oxygen atoms in total. The van der Waals surface area contributed by atoms with Crippen molar-refractivity contribution in [3.05, 3.63) is 48.5 Å². The molecule has 1 amide bonds. The molecule has 5 heteroatoms. The van der Waals surface area contributed by atoms with Crippen molar-refractivity contribution < 1.29 is 9.90 Å². The summed E-state index contributed by atoms with van der Waals surface area (Å²) in [5.41, 5.74) is 1.57. The molecule has 2 bridgehead atoms. The first-order valence-corrected chi connectivity index (χ1v) is 8.26. The standard InChI is InChI=1S/C18H21N3O2/c22-10-16-12-4-5-13(8-12)17(16)20-18(23)14-2-1-3-15(9-14)21-7-6-19-11-21/h1-3,6-7,9,11-13,16-17,22H,4-5,8,10H2,(H,20,23). The average molecular weight is 311 g/mol. The van der Waals surface area contributed by atoms with Crippen molar-refractivity contribution in [1.29, 1.82) is 0 Å². The van der Waals surface area contributed by atoms with Crippen LogP contribution in [0, 0.1) is 17.8 Å². The van der Waals surface area contributed by atoms with Gasteiger partial charge in [-0.1, -0.05) is 6.07 Å². The molecule has 0 saturated heterocycles. The highest BCUT2D eigenvalue weighted by atomic mass is 16.3. The predicted molar refractivity (Wildman–Crippen MR) is 86.2 cm³/mol. The monoisotopic (exact) mass is 311 g/mol. The predicted octanol–water partition coefficient (Wildman–Crippen LogP) is 2.01. The lowest BCUT2D eigenvalue weighted by atomic mass is 9.85. The topological polar surface area (TPSA) is 67.2 Å². The lowest BCUT2D eigenvalue weighted by Crippen LogP contribution is -2.45. The highest BCUT2D eigenvalue weighted by Gasteiger charge is 2.47. The Balaban J connectivity index is 1.52. The second-order valence-electron chi connectivity index (χ2n) is 6.70. The lowest BCUT2D eigenvalue weighted by Gasteiger charge is -2.30. The van der Waals surface area contributed by atoms with Crippen molar-refractivity contribution in [2.24, 2.45) is 17.8 Å². The van der Waals surface area contributed by atoms with Gasteiger partial charge in [-0.15, -0.1) is 0 Å². The zero-order chi connectivity index (χ0) is 15.8. The number of nitrogens with zero attached hydrogens (tertiary/aromatic N) is 2. The summed E-state index contributed by atoms with van der Waals surface area (Å²) in [5, 5.41) is 12.8. The maximum Gasteiger partial charge on any atom is 0.251 e. The molecule has 4 rings (SSSR count). The van der Waals surface area contributed by atoms with Crippen LogP contribution in [0.25, 0.3) is 5.69 Å². The van der Waals surface area contributed by atoms with Gasteiger partial charge < -0.3 is 15.0 Å². The average Bonchev–Trinajstić information content (AvgIpc) is 3.32. The van der Waals surface area contributed by atoms with Gasteiger partial charge in [0.05, 0.1) is 6.33 Å². The summed E-state index contributed by atoms with van der Waals surface area (Å²) in [5.74, 6) is 1.27. The number of fused-ring (bicyclic) bond motifs is 2. The quantitative estimate of drug-likeness (QED) is 0.907. The fourth-order valence-corrected chi connectivity index (χ4v) is 4.35. The number of aromatic nitrogens is 2. The van der Waals surface area contributed by atoms with Crippen LogP contribution in [0.15, 0.2) is 43.0 Å². The number of imidazole rings is 1. The van der Waals surface area contributed by atoms with E-state index in [-0.39, 0.29) is 24.5 Å². The molecule has 2 aliphatic carbocycles. The summed E-state index contributed by atoms with van der Waals surface area (Å²) < 4.78 is 1.88. The summed E-state index contributed by atoms with van der Waals surface area (Å²) in [7, 11) is 0. The van der Waals surface area contributed by atoms with Crippen LogP contribution >= 0.6 is 0 Å². The number of aliphatic hydroxyl groups excluding tert-OH is 1. The van der Waals surface area contributed by atoms with Gasteiger partial charge in [0.2, 0.25) is 0 Å². The van der Waals surface area contributed by atoms with Crippen LogP contribution in [0.1, 0.15) is 29.6 Å². The SMILES string of the molecule is O=C(NC1C2CCC(C2)C1CO)c1cccc(-n2ccnc2)c1. The van der Waals surface area contributed by atoms with Crippen molar-refractivity contribution in [1.82, 2.24) is 14.9 Å². The molecule has 1 heterocycles. The minimum absolute atomic E-state index is 0.0528. The van der Waals surface area contributed by atoms with Gasteiger partial charge in [-0.05, 0) is 49.3 Å².